The average Bonchev–Trinajstić information content (AvgIpc) is 3.02. The number of aryl methyl sites for hydroxylation is 1. The molecule has 0 spiro atoms. The summed E-state index contributed by atoms with van der Waals surface area (Å²) in [6.07, 6.45) is 1.39. The molecule has 2 N–H and O–H groups in total. The van der Waals surface area contributed by atoms with Crippen molar-refractivity contribution in [3.8, 4) is 0 Å². The fourth-order valence-corrected chi connectivity index (χ4v) is 2.92. The minimum atomic E-state index is -1.05. The standard InChI is InChI=1S/C17H20N2O3S/c1-3-12-4-6-13(7-5-12)11(2)8-15(20)18-9-16-19-14(10-23-16)17(21)22/h4-7,10-11H,3,8-9H2,1-2H3,(H,18,20)(H,21,22). The minimum Gasteiger partial charge on any atom is -0.476 e. The quantitative estimate of drug-likeness (QED) is 0.816. The number of hydrogen-bond acceptors (Lipinski definition) is 4. The van der Waals surface area contributed by atoms with Gasteiger partial charge in [0.1, 0.15) is 5.01 Å². The highest BCUT2D eigenvalue weighted by Crippen LogP contribution is 2.19. The molecule has 1 aromatic carbocycles. The summed E-state index contributed by atoms with van der Waals surface area (Å²) in [4.78, 5) is 26.7. The lowest BCUT2D eigenvalue weighted by Gasteiger charge is -2.12. The molecule has 0 fully saturated rings. The summed E-state index contributed by atoms with van der Waals surface area (Å²) < 4.78 is 0. The molecule has 1 atom stereocenters. The molecule has 0 bridgehead atoms. The first-order valence-corrected chi connectivity index (χ1v) is 8.40. The number of carbonyl (C=O) groups excluding carboxylic acids is 1. The van der Waals surface area contributed by atoms with E-state index in [1.807, 2.05) is 6.92 Å². The number of amides is 1. The number of nitrogens with zero attached hydrogens (tertiary/aromatic N) is 1. The van der Waals surface area contributed by atoms with Crippen LogP contribution in [-0.4, -0.2) is 22.0 Å². The van der Waals surface area contributed by atoms with E-state index in [0.29, 0.717) is 11.4 Å². The van der Waals surface area contributed by atoms with E-state index in [-0.39, 0.29) is 24.1 Å². The summed E-state index contributed by atoms with van der Waals surface area (Å²) >= 11 is 1.23. The Morgan fingerprint density at radius 2 is 2.00 bits per heavy atom. The predicted octanol–water partition coefficient (Wildman–Crippen LogP) is 3.21. The van der Waals surface area contributed by atoms with E-state index in [1.165, 1.54) is 22.3 Å². The molecule has 0 aliphatic heterocycles. The van der Waals surface area contributed by atoms with Gasteiger partial charge in [-0.1, -0.05) is 38.1 Å². The Hall–Kier alpha value is -2.21. The van der Waals surface area contributed by atoms with E-state index >= 15 is 0 Å². The molecule has 122 valence electrons. The van der Waals surface area contributed by atoms with E-state index in [1.54, 1.807) is 0 Å². The predicted molar refractivity (Wildman–Crippen MR) is 89.8 cm³/mol. The van der Waals surface area contributed by atoms with Gasteiger partial charge in [0.15, 0.2) is 5.69 Å². The smallest absolute Gasteiger partial charge is 0.355 e. The number of thiazole rings is 1. The van der Waals surface area contributed by atoms with Crippen LogP contribution < -0.4 is 5.32 Å². The summed E-state index contributed by atoms with van der Waals surface area (Å²) in [5.41, 5.74) is 2.44. The third-order valence-electron chi connectivity index (χ3n) is 3.66. The van der Waals surface area contributed by atoms with Crippen molar-refractivity contribution in [3.63, 3.8) is 0 Å². The summed E-state index contributed by atoms with van der Waals surface area (Å²) in [5.74, 6) is -0.987. The van der Waals surface area contributed by atoms with Crippen molar-refractivity contribution in [2.45, 2.75) is 39.2 Å². The molecule has 6 heteroatoms. The van der Waals surface area contributed by atoms with Crippen LogP contribution in [0.25, 0.3) is 0 Å². The first-order valence-electron chi connectivity index (χ1n) is 7.52. The number of rotatable bonds is 7. The van der Waals surface area contributed by atoms with Crippen molar-refractivity contribution < 1.29 is 14.7 Å². The zero-order valence-electron chi connectivity index (χ0n) is 13.2. The molecule has 0 radical (unpaired) electrons. The van der Waals surface area contributed by atoms with Gasteiger partial charge in [0, 0.05) is 11.8 Å². The largest absolute Gasteiger partial charge is 0.476 e. The maximum atomic E-state index is 12.0. The lowest BCUT2D eigenvalue weighted by atomic mass is 9.96. The normalized spacial score (nSPS) is 11.9. The van der Waals surface area contributed by atoms with E-state index in [9.17, 15) is 9.59 Å². The summed E-state index contributed by atoms with van der Waals surface area (Å²) in [6.45, 7) is 4.39. The van der Waals surface area contributed by atoms with Gasteiger partial charge in [0.05, 0.1) is 6.54 Å². The van der Waals surface area contributed by atoms with Gasteiger partial charge < -0.3 is 10.4 Å². The third kappa shape index (κ3) is 4.89. The average molecular weight is 332 g/mol. The molecule has 0 saturated heterocycles. The molecule has 2 rings (SSSR count). The summed E-state index contributed by atoms with van der Waals surface area (Å²) in [6, 6.07) is 8.31. The van der Waals surface area contributed by atoms with Gasteiger partial charge in [0.25, 0.3) is 0 Å². The molecule has 0 aliphatic rings. The monoisotopic (exact) mass is 332 g/mol. The molecular weight excluding hydrogens is 312 g/mol. The number of aromatic nitrogens is 1. The Morgan fingerprint density at radius 3 is 2.57 bits per heavy atom. The van der Waals surface area contributed by atoms with Crippen LogP contribution in [0, 0.1) is 0 Å². The maximum Gasteiger partial charge on any atom is 0.355 e. The van der Waals surface area contributed by atoms with Crippen LogP contribution in [0.5, 0.6) is 0 Å². The van der Waals surface area contributed by atoms with Crippen molar-refractivity contribution in [1.29, 1.82) is 0 Å². The molecule has 1 heterocycles. The second-order valence-electron chi connectivity index (χ2n) is 5.41. The molecular formula is C17H20N2O3S. The Morgan fingerprint density at radius 1 is 1.30 bits per heavy atom. The number of nitrogens with one attached hydrogen (secondary N) is 1. The molecule has 23 heavy (non-hydrogen) atoms. The Kier molecular flexibility index (Phi) is 5.87. The fourth-order valence-electron chi connectivity index (χ4n) is 2.21. The van der Waals surface area contributed by atoms with Crippen LogP contribution in [0.3, 0.4) is 0 Å². The summed E-state index contributed by atoms with van der Waals surface area (Å²) in [5, 5.41) is 13.7. The van der Waals surface area contributed by atoms with E-state index in [4.69, 9.17) is 5.11 Å². The first kappa shape index (κ1) is 17.1. The van der Waals surface area contributed by atoms with Crippen LogP contribution >= 0.6 is 11.3 Å². The van der Waals surface area contributed by atoms with Crippen molar-refractivity contribution in [1.82, 2.24) is 10.3 Å². The van der Waals surface area contributed by atoms with E-state index in [0.717, 1.165) is 12.0 Å². The Balaban J connectivity index is 1.84. The van der Waals surface area contributed by atoms with Crippen LogP contribution in [0.15, 0.2) is 29.6 Å². The number of aromatic carboxylic acids is 1. The van der Waals surface area contributed by atoms with Gasteiger partial charge >= 0.3 is 5.97 Å². The molecule has 2 aromatic rings. The number of benzene rings is 1. The number of hydrogen-bond donors (Lipinski definition) is 2. The highest BCUT2D eigenvalue weighted by molar-refractivity contribution is 7.09. The van der Waals surface area contributed by atoms with Gasteiger partial charge in [-0.3, -0.25) is 4.79 Å². The maximum absolute atomic E-state index is 12.0. The van der Waals surface area contributed by atoms with E-state index in [2.05, 4.69) is 41.5 Å². The molecule has 0 aliphatic carbocycles. The molecule has 0 saturated carbocycles. The SMILES string of the molecule is CCc1ccc(C(C)CC(=O)NCc2nc(C(=O)O)cs2)cc1. The van der Waals surface area contributed by atoms with Crippen molar-refractivity contribution >= 4 is 23.2 Å². The minimum absolute atomic E-state index is 0.0173. The topological polar surface area (TPSA) is 79.3 Å². The molecule has 5 nitrogen and oxygen atoms in total. The Labute approximate surface area is 139 Å². The summed E-state index contributed by atoms with van der Waals surface area (Å²) in [7, 11) is 0. The number of carboxylic acid groups (broad SMARTS) is 1. The van der Waals surface area contributed by atoms with Crippen LogP contribution in [0.2, 0.25) is 0 Å². The van der Waals surface area contributed by atoms with Gasteiger partial charge in [-0.2, -0.15) is 0 Å². The molecule has 1 unspecified atom stereocenters. The second-order valence-corrected chi connectivity index (χ2v) is 6.35. The van der Waals surface area contributed by atoms with Crippen molar-refractivity contribution in [2.75, 3.05) is 0 Å². The van der Waals surface area contributed by atoms with Gasteiger partial charge in [0.2, 0.25) is 5.91 Å². The molecule has 1 amide bonds. The Bertz CT molecular complexity index is 679. The third-order valence-corrected chi connectivity index (χ3v) is 4.51. The van der Waals surface area contributed by atoms with Crippen molar-refractivity contribution in [2.24, 2.45) is 0 Å². The van der Waals surface area contributed by atoms with Gasteiger partial charge in [-0.25, -0.2) is 9.78 Å². The van der Waals surface area contributed by atoms with Crippen LogP contribution in [-0.2, 0) is 17.8 Å². The highest BCUT2D eigenvalue weighted by atomic mass is 32.1. The van der Waals surface area contributed by atoms with E-state index < -0.39 is 5.97 Å². The number of carboxylic acids is 1. The highest BCUT2D eigenvalue weighted by Gasteiger charge is 2.13. The first-order chi connectivity index (χ1) is 11.0. The lowest BCUT2D eigenvalue weighted by molar-refractivity contribution is -0.121. The van der Waals surface area contributed by atoms with Crippen molar-refractivity contribution in [3.05, 3.63) is 51.5 Å². The van der Waals surface area contributed by atoms with Crippen LogP contribution in [0.1, 0.15) is 52.8 Å². The number of carbonyl (C=O) groups is 2. The molecule has 1 aromatic heterocycles. The lowest BCUT2D eigenvalue weighted by Crippen LogP contribution is -2.24. The zero-order chi connectivity index (χ0) is 16.8. The van der Waals surface area contributed by atoms with Gasteiger partial charge in [-0.15, -0.1) is 11.3 Å². The van der Waals surface area contributed by atoms with Crippen LogP contribution in [0.4, 0.5) is 0 Å². The fraction of sp³-hybridized carbons (Fsp3) is 0.353. The second kappa shape index (κ2) is 7.87. The van der Waals surface area contributed by atoms with Gasteiger partial charge in [-0.05, 0) is 23.5 Å². The zero-order valence-corrected chi connectivity index (χ0v) is 14.0.